The van der Waals surface area contributed by atoms with E-state index < -0.39 is 10.0 Å². The predicted octanol–water partition coefficient (Wildman–Crippen LogP) is 0.757. The molecule has 1 heterocycles. The number of para-hydroxylation sites is 1. The fourth-order valence-electron chi connectivity index (χ4n) is 1.78. The second-order valence-corrected chi connectivity index (χ2v) is 5.84. The third kappa shape index (κ3) is 3.55. The summed E-state index contributed by atoms with van der Waals surface area (Å²) in [6.45, 7) is 2.67. The number of hydrogen-bond acceptors (Lipinski definition) is 5. The number of nitrogens with zero attached hydrogens (tertiary/aromatic N) is 2. The van der Waals surface area contributed by atoms with Crippen LogP contribution in [0.5, 0.6) is 0 Å². The molecule has 0 spiro atoms. The van der Waals surface area contributed by atoms with Crippen LogP contribution in [0.25, 0.3) is 0 Å². The van der Waals surface area contributed by atoms with Crippen LogP contribution in [0, 0.1) is 0 Å². The van der Waals surface area contributed by atoms with Gasteiger partial charge in [0.25, 0.3) is 0 Å². The van der Waals surface area contributed by atoms with Gasteiger partial charge in [-0.3, -0.25) is 5.10 Å². The standard InChI is InChI=1S/C12H17N5O2S/c1-2-16-20(18,19)11-6-4-3-5-10(11)13-8-7-12-14-9-15-17-12/h3-6,9,13,16H,2,7-8H2,1H3,(H,14,15,17). The Balaban J connectivity index is 2.08. The van der Waals surface area contributed by atoms with Gasteiger partial charge in [-0.05, 0) is 12.1 Å². The maximum atomic E-state index is 12.1. The molecule has 0 aliphatic rings. The maximum Gasteiger partial charge on any atom is 0.242 e. The van der Waals surface area contributed by atoms with Crippen molar-refractivity contribution >= 4 is 15.7 Å². The number of nitrogens with one attached hydrogen (secondary N) is 3. The van der Waals surface area contributed by atoms with Crippen molar-refractivity contribution in [2.75, 3.05) is 18.4 Å². The average Bonchev–Trinajstić information content (AvgIpc) is 2.92. The van der Waals surface area contributed by atoms with Crippen LogP contribution in [0.15, 0.2) is 35.5 Å². The first-order valence-corrected chi connectivity index (χ1v) is 7.78. The number of benzene rings is 1. The van der Waals surface area contributed by atoms with Gasteiger partial charge in [-0.25, -0.2) is 18.1 Å². The van der Waals surface area contributed by atoms with Crippen LogP contribution in [0.4, 0.5) is 5.69 Å². The number of aromatic amines is 1. The zero-order valence-corrected chi connectivity index (χ0v) is 11.9. The van der Waals surface area contributed by atoms with Gasteiger partial charge in [0.05, 0.1) is 5.69 Å². The van der Waals surface area contributed by atoms with E-state index in [0.29, 0.717) is 25.2 Å². The Morgan fingerprint density at radius 2 is 2.10 bits per heavy atom. The SMILES string of the molecule is CCNS(=O)(=O)c1ccccc1NCCc1ncn[nH]1. The Labute approximate surface area is 117 Å². The van der Waals surface area contributed by atoms with Gasteiger partial charge in [0.2, 0.25) is 10.0 Å². The van der Waals surface area contributed by atoms with E-state index in [1.54, 1.807) is 31.2 Å². The van der Waals surface area contributed by atoms with Crippen LogP contribution in [-0.4, -0.2) is 36.7 Å². The molecule has 7 nitrogen and oxygen atoms in total. The predicted molar refractivity (Wildman–Crippen MR) is 75.9 cm³/mol. The molecule has 2 rings (SSSR count). The van der Waals surface area contributed by atoms with Gasteiger partial charge in [0, 0.05) is 19.5 Å². The lowest BCUT2D eigenvalue weighted by Crippen LogP contribution is -2.24. The van der Waals surface area contributed by atoms with E-state index in [1.807, 2.05) is 0 Å². The van der Waals surface area contributed by atoms with Crippen LogP contribution in [0.1, 0.15) is 12.7 Å². The fraction of sp³-hybridized carbons (Fsp3) is 0.333. The number of aromatic nitrogens is 3. The summed E-state index contributed by atoms with van der Waals surface area (Å²) in [5.74, 6) is 0.754. The molecule has 108 valence electrons. The number of hydrogen-bond donors (Lipinski definition) is 3. The molecule has 0 unspecified atom stereocenters. The Morgan fingerprint density at radius 3 is 2.80 bits per heavy atom. The summed E-state index contributed by atoms with van der Waals surface area (Å²) in [4.78, 5) is 4.26. The molecule has 8 heteroatoms. The summed E-state index contributed by atoms with van der Waals surface area (Å²) in [6, 6.07) is 6.81. The molecular formula is C12H17N5O2S. The van der Waals surface area contributed by atoms with E-state index in [-0.39, 0.29) is 4.90 Å². The molecule has 0 radical (unpaired) electrons. The molecule has 20 heavy (non-hydrogen) atoms. The first-order chi connectivity index (χ1) is 9.63. The molecule has 0 atom stereocenters. The fourth-order valence-corrected chi connectivity index (χ4v) is 3.00. The molecule has 0 amide bonds. The Morgan fingerprint density at radius 1 is 1.30 bits per heavy atom. The number of sulfonamides is 1. The minimum absolute atomic E-state index is 0.249. The Bertz CT molecular complexity index is 640. The number of rotatable bonds is 7. The number of anilines is 1. The van der Waals surface area contributed by atoms with Crippen LogP contribution in [0.3, 0.4) is 0 Å². The summed E-state index contributed by atoms with van der Waals surface area (Å²) in [6.07, 6.45) is 2.08. The molecule has 0 bridgehead atoms. The summed E-state index contributed by atoms with van der Waals surface area (Å²) in [5.41, 5.74) is 0.577. The lowest BCUT2D eigenvalue weighted by atomic mass is 10.3. The van der Waals surface area contributed by atoms with Crippen molar-refractivity contribution in [3.8, 4) is 0 Å². The molecule has 0 fully saturated rings. The van der Waals surface area contributed by atoms with Gasteiger partial charge in [-0.2, -0.15) is 5.10 Å². The average molecular weight is 295 g/mol. The summed E-state index contributed by atoms with van der Waals surface area (Å²) < 4.78 is 26.6. The molecule has 2 aromatic rings. The highest BCUT2D eigenvalue weighted by Gasteiger charge is 2.16. The molecule has 0 aliphatic carbocycles. The quantitative estimate of drug-likeness (QED) is 0.700. The van der Waals surface area contributed by atoms with Gasteiger partial charge >= 0.3 is 0 Å². The van der Waals surface area contributed by atoms with Crippen LogP contribution in [-0.2, 0) is 16.4 Å². The maximum absolute atomic E-state index is 12.1. The van der Waals surface area contributed by atoms with E-state index in [9.17, 15) is 8.42 Å². The third-order valence-electron chi connectivity index (χ3n) is 2.65. The second-order valence-electron chi connectivity index (χ2n) is 4.11. The van der Waals surface area contributed by atoms with Gasteiger partial charge in [-0.1, -0.05) is 19.1 Å². The summed E-state index contributed by atoms with van der Waals surface area (Å²) in [5, 5.41) is 9.63. The lowest BCUT2D eigenvalue weighted by Gasteiger charge is -2.12. The summed E-state index contributed by atoms with van der Waals surface area (Å²) >= 11 is 0. The van der Waals surface area contributed by atoms with Gasteiger partial charge in [0.15, 0.2) is 0 Å². The van der Waals surface area contributed by atoms with Gasteiger partial charge < -0.3 is 5.32 Å². The monoisotopic (exact) mass is 295 g/mol. The zero-order chi connectivity index (χ0) is 14.4. The highest BCUT2D eigenvalue weighted by molar-refractivity contribution is 7.89. The lowest BCUT2D eigenvalue weighted by molar-refractivity contribution is 0.584. The van der Waals surface area contributed by atoms with Crippen LogP contribution < -0.4 is 10.0 Å². The molecule has 3 N–H and O–H groups in total. The molecule has 0 aliphatic heterocycles. The van der Waals surface area contributed by atoms with Crippen LogP contribution >= 0.6 is 0 Å². The van der Waals surface area contributed by atoms with E-state index in [4.69, 9.17) is 0 Å². The molecule has 0 saturated carbocycles. The zero-order valence-electron chi connectivity index (χ0n) is 11.1. The second kappa shape index (κ2) is 6.49. The topological polar surface area (TPSA) is 99.8 Å². The van der Waals surface area contributed by atoms with Crippen molar-refractivity contribution in [3.63, 3.8) is 0 Å². The number of H-pyrrole nitrogens is 1. The van der Waals surface area contributed by atoms with E-state index >= 15 is 0 Å². The Kier molecular flexibility index (Phi) is 4.70. The first kappa shape index (κ1) is 14.5. The first-order valence-electron chi connectivity index (χ1n) is 6.30. The van der Waals surface area contributed by atoms with Crippen molar-refractivity contribution < 1.29 is 8.42 Å². The minimum Gasteiger partial charge on any atom is -0.383 e. The highest BCUT2D eigenvalue weighted by Crippen LogP contribution is 2.20. The third-order valence-corrected chi connectivity index (χ3v) is 4.26. The normalized spacial score (nSPS) is 11.4. The molecule has 1 aromatic heterocycles. The van der Waals surface area contributed by atoms with Crippen molar-refractivity contribution in [2.24, 2.45) is 0 Å². The molecular weight excluding hydrogens is 278 g/mol. The van der Waals surface area contributed by atoms with Crippen molar-refractivity contribution in [2.45, 2.75) is 18.2 Å². The molecule has 0 saturated heterocycles. The minimum atomic E-state index is -3.47. The highest BCUT2D eigenvalue weighted by atomic mass is 32.2. The van der Waals surface area contributed by atoms with Gasteiger partial charge in [0.1, 0.15) is 17.0 Å². The van der Waals surface area contributed by atoms with Crippen molar-refractivity contribution in [1.82, 2.24) is 19.9 Å². The van der Waals surface area contributed by atoms with E-state index in [2.05, 4.69) is 25.2 Å². The van der Waals surface area contributed by atoms with Crippen molar-refractivity contribution in [3.05, 3.63) is 36.4 Å². The van der Waals surface area contributed by atoms with E-state index in [0.717, 1.165) is 5.82 Å². The van der Waals surface area contributed by atoms with E-state index in [1.165, 1.54) is 6.33 Å². The largest absolute Gasteiger partial charge is 0.383 e. The Hall–Kier alpha value is -1.93. The van der Waals surface area contributed by atoms with Gasteiger partial charge in [-0.15, -0.1) is 0 Å². The summed E-state index contributed by atoms with van der Waals surface area (Å²) in [7, 11) is -3.47. The van der Waals surface area contributed by atoms with Crippen LogP contribution in [0.2, 0.25) is 0 Å². The molecule has 1 aromatic carbocycles. The van der Waals surface area contributed by atoms with Crippen molar-refractivity contribution in [1.29, 1.82) is 0 Å². The smallest absolute Gasteiger partial charge is 0.242 e.